The van der Waals surface area contributed by atoms with Gasteiger partial charge in [-0.1, -0.05) is 25.1 Å². The van der Waals surface area contributed by atoms with E-state index >= 15 is 0 Å². The van der Waals surface area contributed by atoms with Gasteiger partial charge in [0.2, 0.25) is 0 Å². The van der Waals surface area contributed by atoms with Crippen molar-refractivity contribution in [1.29, 1.82) is 0 Å². The van der Waals surface area contributed by atoms with Crippen molar-refractivity contribution in [2.24, 2.45) is 0 Å². The van der Waals surface area contributed by atoms with Crippen LogP contribution in [-0.2, 0) is 12.8 Å². The number of aromatic nitrogens is 1. The highest BCUT2D eigenvalue weighted by Crippen LogP contribution is 2.11. The molecule has 2 rings (SSSR count). The lowest BCUT2D eigenvalue weighted by molar-refractivity contribution is 0.500. The predicted molar refractivity (Wildman–Crippen MR) is 92.9 cm³/mol. The van der Waals surface area contributed by atoms with Gasteiger partial charge in [0, 0.05) is 27.9 Å². The minimum absolute atomic E-state index is 0.449. The summed E-state index contributed by atoms with van der Waals surface area (Å²) in [4.78, 5) is 4.44. The Hall–Kier alpha value is -0.940. The molecule has 0 saturated carbocycles. The van der Waals surface area contributed by atoms with Crippen LogP contribution in [0.5, 0.6) is 0 Å². The molecule has 1 atom stereocenters. The molecule has 1 N–H and O–H groups in total. The van der Waals surface area contributed by atoms with Crippen LogP contribution in [0, 0.1) is 3.57 Å². The van der Waals surface area contributed by atoms with Crippen molar-refractivity contribution in [1.82, 2.24) is 10.3 Å². The molecule has 2 aromatic rings. The molecule has 0 aliphatic heterocycles. The largest absolute Gasteiger partial charge is 0.313 e. The smallest absolute Gasteiger partial charge is 0.0419 e. The van der Waals surface area contributed by atoms with E-state index in [1.807, 2.05) is 12.3 Å². The molecule has 3 heteroatoms. The van der Waals surface area contributed by atoms with Crippen LogP contribution in [0.3, 0.4) is 0 Å². The van der Waals surface area contributed by atoms with Crippen molar-refractivity contribution in [2.45, 2.75) is 32.2 Å². The molecule has 0 saturated heterocycles. The maximum absolute atomic E-state index is 4.44. The van der Waals surface area contributed by atoms with Gasteiger partial charge in [-0.2, -0.15) is 0 Å². The highest BCUT2D eigenvalue weighted by Gasteiger charge is 2.10. The SMILES string of the molecule is CCCNC(Cc1ccc(I)cc1)Cc1ccccn1. The number of benzene rings is 1. The molecule has 0 spiro atoms. The van der Waals surface area contributed by atoms with E-state index in [1.54, 1.807) is 0 Å². The molecule has 0 aliphatic carbocycles. The summed E-state index contributed by atoms with van der Waals surface area (Å²) in [6, 6.07) is 15.4. The minimum Gasteiger partial charge on any atom is -0.313 e. The normalized spacial score (nSPS) is 12.3. The molecule has 0 bridgehead atoms. The molecule has 0 fully saturated rings. The Morgan fingerprint density at radius 3 is 2.55 bits per heavy atom. The molecule has 1 aromatic carbocycles. The molecular weight excluding hydrogens is 359 g/mol. The summed E-state index contributed by atoms with van der Waals surface area (Å²) in [6.07, 6.45) is 5.06. The van der Waals surface area contributed by atoms with E-state index in [4.69, 9.17) is 0 Å². The highest BCUT2D eigenvalue weighted by molar-refractivity contribution is 14.1. The Bertz CT molecular complexity index is 496. The fourth-order valence-electron chi connectivity index (χ4n) is 2.24. The lowest BCUT2D eigenvalue weighted by atomic mass is 10.0. The van der Waals surface area contributed by atoms with Gasteiger partial charge in [-0.3, -0.25) is 4.98 Å². The number of nitrogens with one attached hydrogen (secondary N) is 1. The maximum atomic E-state index is 4.44. The zero-order valence-corrected chi connectivity index (χ0v) is 14.0. The number of halogens is 1. The molecule has 1 unspecified atom stereocenters. The van der Waals surface area contributed by atoms with Crippen molar-refractivity contribution in [3.8, 4) is 0 Å². The third-order valence-corrected chi connectivity index (χ3v) is 3.98. The van der Waals surface area contributed by atoms with Gasteiger partial charge < -0.3 is 5.32 Å². The van der Waals surface area contributed by atoms with Crippen LogP contribution in [0.25, 0.3) is 0 Å². The van der Waals surface area contributed by atoms with Crippen LogP contribution in [0.4, 0.5) is 0 Å². The average Bonchev–Trinajstić information content (AvgIpc) is 2.48. The van der Waals surface area contributed by atoms with Gasteiger partial charge in [-0.15, -0.1) is 0 Å². The van der Waals surface area contributed by atoms with E-state index in [0.717, 1.165) is 31.5 Å². The summed E-state index contributed by atoms with van der Waals surface area (Å²) >= 11 is 2.35. The summed E-state index contributed by atoms with van der Waals surface area (Å²) in [5.41, 5.74) is 2.54. The third-order valence-electron chi connectivity index (χ3n) is 3.26. The first-order valence-electron chi connectivity index (χ1n) is 7.15. The van der Waals surface area contributed by atoms with E-state index in [1.165, 1.54) is 9.13 Å². The molecule has 20 heavy (non-hydrogen) atoms. The first-order chi connectivity index (χ1) is 9.78. The van der Waals surface area contributed by atoms with Crippen LogP contribution >= 0.6 is 22.6 Å². The standard InChI is InChI=1S/C17H21IN2/c1-2-10-19-17(13-16-5-3-4-11-20-16)12-14-6-8-15(18)9-7-14/h3-9,11,17,19H,2,10,12-13H2,1H3. The van der Waals surface area contributed by atoms with Crippen LogP contribution in [0.15, 0.2) is 48.7 Å². The van der Waals surface area contributed by atoms with Gasteiger partial charge >= 0.3 is 0 Å². The minimum atomic E-state index is 0.449. The summed E-state index contributed by atoms with van der Waals surface area (Å²) in [7, 11) is 0. The van der Waals surface area contributed by atoms with Crippen molar-refractivity contribution in [3.05, 3.63) is 63.5 Å². The van der Waals surface area contributed by atoms with Gasteiger partial charge in [-0.05, 0) is 71.8 Å². The van der Waals surface area contributed by atoms with E-state index in [-0.39, 0.29) is 0 Å². The lowest BCUT2D eigenvalue weighted by Crippen LogP contribution is -2.34. The molecule has 2 nitrogen and oxygen atoms in total. The summed E-state index contributed by atoms with van der Waals surface area (Å²) in [5, 5.41) is 3.64. The molecule has 0 aliphatic rings. The highest BCUT2D eigenvalue weighted by atomic mass is 127. The number of pyridine rings is 1. The molecule has 1 heterocycles. The molecule has 0 amide bonds. The van der Waals surface area contributed by atoms with Gasteiger partial charge in [0.25, 0.3) is 0 Å². The maximum Gasteiger partial charge on any atom is 0.0419 e. The second-order valence-electron chi connectivity index (χ2n) is 5.01. The first kappa shape index (κ1) is 15.4. The second-order valence-corrected chi connectivity index (χ2v) is 6.25. The predicted octanol–water partition coefficient (Wildman–Crippen LogP) is 3.84. The monoisotopic (exact) mass is 380 g/mol. The zero-order chi connectivity index (χ0) is 14.2. The van der Waals surface area contributed by atoms with E-state index in [9.17, 15) is 0 Å². The fraction of sp³-hybridized carbons (Fsp3) is 0.353. The van der Waals surface area contributed by atoms with E-state index in [2.05, 4.69) is 76.2 Å². The third kappa shape index (κ3) is 5.21. The van der Waals surface area contributed by atoms with Crippen molar-refractivity contribution in [3.63, 3.8) is 0 Å². The van der Waals surface area contributed by atoms with Crippen LogP contribution in [-0.4, -0.2) is 17.6 Å². The number of nitrogens with zero attached hydrogens (tertiary/aromatic N) is 1. The van der Waals surface area contributed by atoms with Crippen LogP contribution < -0.4 is 5.32 Å². The van der Waals surface area contributed by atoms with Crippen LogP contribution in [0.1, 0.15) is 24.6 Å². The fourth-order valence-corrected chi connectivity index (χ4v) is 2.60. The average molecular weight is 380 g/mol. The Labute approximate surface area is 135 Å². The van der Waals surface area contributed by atoms with Gasteiger partial charge in [0.15, 0.2) is 0 Å². The van der Waals surface area contributed by atoms with E-state index < -0.39 is 0 Å². The topological polar surface area (TPSA) is 24.9 Å². The van der Waals surface area contributed by atoms with Crippen molar-refractivity contribution >= 4 is 22.6 Å². The molecule has 0 radical (unpaired) electrons. The van der Waals surface area contributed by atoms with Crippen molar-refractivity contribution < 1.29 is 0 Å². The molecule has 1 aromatic heterocycles. The molecule has 106 valence electrons. The Kier molecular flexibility index (Phi) is 6.47. The first-order valence-corrected chi connectivity index (χ1v) is 8.23. The summed E-state index contributed by atoms with van der Waals surface area (Å²) in [5.74, 6) is 0. The molecular formula is C17H21IN2. The Morgan fingerprint density at radius 2 is 1.90 bits per heavy atom. The number of rotatable bonds is 7. The van der Waals surface area contributed by atoms with Crippen molar-refractivity contribution in [2.75, 3.05) is 6.54 Å². The van der Waals surface area contributed by atoms with Gasteiger partial charge in [0.05, 0.1) is 0 Å². The van der Waals surface area contributed by atoms with Crippen LogP contribution in [0.2, 0.25) is 0 Å². The second kappa shape index (κ2) is 8.37. The van der Waals surface area contributed by atoms with Gasteiger partial charge in [0.1, 0.15) is 0 Å². The lowest BCUT2D eigenvalue weighted by Gasteiger charge is -2.18. The Morgan fingerprint density at radius 1 is 1.10 bits per heavy atom. The zero-order valence-electron chi connectivity index (χ0n) is 11.8. The summed E-state index contributed by atoms with van der Waals surface area (Å²) < 4.78 is 1.29. The quantitative estimate of drug-likeness (QED) is 0.739. The number of hydrogen-bond acceptors (Lipinski definition) is 2. The Balaban J connectivity index is 2.01. The van der Waals surface area contributed by atoms with Gasteiger partial charge in [-0.25, -0.2) is 0 Å². The summed E-state index contributed by atoms with van der Waals surface area (Å²) in [6.45, 7) is 3.26. The van der Waals surface area contributed by atoms with E-state index in [0.29, 0.717) is 6.04 Å². The number of hydrogen-bond donors (Lipinski definition) is 1.